The van der Waals surface area contributed by atoms with Crippen molar-refractivity contribution >= 4 is 28.5 Å². The topological polar surface area (TPSA) is 49.3 Å². The van der Waals surface area contributed by atoms with Crippen LogP contribution in [-0.4, -0.2) is 23.2 Å². The highest BCUT2D eigenvalue weighted by Crippen LogP contribution is 2.39. The molecule has 0 radical (unpaired) electrons. The van der Waals surface area contributed by atoms with Gasteiger partial charge in [0.2, 0.25) is 0 Å². The number of carbonyl (C=O) groups is 1. The number of aliphatic hydroxyl groups excluding tert-OH is 1. The Kier molecular flexibility index (Phi) is 3.73. The van der Waals surface area contributed by atoms with Gasteiger partial charge < -0.3 is 10.4 Å². The molecule has 1 aliphatic rings. The van der Waals surface area contributed by atoms with Crippen molar-refractivity contribution in [2.75, 3.05) is 6.61 Å². The molecule has 0 heterocycles. The predicted octanol–water partition coefficient (Wildman–Crippen LogP) is 2.18. The van der Waals surface area contributed by atoms with Crippen molar-refractivity contribution in [2.24, 2.45) is 5.92 Å². The van der Waals surface area contributed by atoms with Gasteiger partial charge in [-0.1, -0.05) is 6.07 Å². The van der Waals surface area contributed by atoms with Crippen molar-refractivity contribution < 1.29 is 9.90 Å². The van der Waals surface area contributed by atoms with Gasteiger partial charge in [-0.25, -0.2) is 0 Å². The molecule has 4 heteroatoms. The van der Waals surface area contributed by atoms with E-state index in [2.05, 4.69) is 27.9 Å². The van der Waals surface area contributed by atoms with E-state index in [0.717, 1.165) is 16.4 Å². The molecular weight excluding hydrogens is 329 g/mol. The van der Waals surface area contributed by atoms with Crippen LogP contribution < -0.4 is 5.32 Å². The average molecular weight is 345 g/mol. The van der Waals surface area contributed by atoms with Gasteiger partial charge in [0.15, 0.2) is 0 Å². The van der Waals surface area contributed by atoms with Crippen LogP contribution in [0.4, 0.5) is 0 Å². The van der Waals surface area contributed by atoms with Gasteiger partial charge >= 0.3 is 0 Å². The van der Waals surface area contributed by atoms with Crippen LogP contribution in [0.1, 0.15) is 30.1 Å². The summed E-state index contributed by atoms with van der Waals surface area (Å²) in [5.41, 5.74) is 0.176. The van der Waals surface area contributed by atoms with Crippen LogP contribution in [0.25, 0.3) is 0 Å². The standard InChI is InChI=1S/C13H16INO2/c1-13(8-16,10-5-6-10)15-12(17)9-3-2-4-11(14)7-9/h2-4,7,10,16H,5-6,8H2,1H3,(H,15,17). The predicted molar refractivity (Wildman–Crippen MR) is 74.8 cm³/mol. The molecular formula is C13H16INO2. The summed E-state index contributed by atoms with van der Waals surface area (Å²) >= 11 is 2.18. The summed E-state index contributed by atoms with van der Waals surface area (Å²) in [4.78, 5) is 12.1. The van der Waals surface area contributed by atoms with Crippen molar-refractivity contribution in [3.05, 3.63) is 33.4 Å². The smallest absolute Gasteiger partial charge is 0.251 e. The van der Waals surface area contributed by atoms with E-state index in [1.54, 1.807) is 6.07 Å². The Bertz CT molecular complexity index is 431. The largest absolute Gasteiger partial charge is 0.394 e. The van der Waals surface area contributed by atoms with Gasteiger partial charge in [-0.05, 0) is 66.5 Å². The minimum absolute atomic E-state index is 0.00661. The monoisotopic (exact) mass is 345 g/mol. The maximum Gasteiger partial charge on any atom is 0.251 e. The molecule has 0 aliphatic heterocycles. The van der Waals surface area contributed by atoms with Crippen LogP contribution in [-0.2, 0) is 0 Å². The molecule has 1 atom stereocenters. The molecule has 1 saturated carbocycles. The number of hydrogen-bond acceptors (Lipinski definition) is 2. The van der Waals surface area contributed by atoms with Crippen molar-refractivity contribution in [2.45, 2.75) is 25.3 Å². The lowest BCUT2D eigenvalue weighted by Gasteiger charge is -2.28. The molecule has 2 rings (SSSR count). The second-order valence-corrected chi connectivity index (χ2v) is 6.06. The third kappa shape index (κ3) is 2.98. The number of hydrogen-bond donors (Lipinski definition) is 2. The summed E-state index contributed by atoms with van der Waals surface area (Å²) in [6, 6.07) is 7.45. The molecule has 0 spiro atoms. The Morgan fingerprint density at radius 1 is 1.59 bits per heavy atom. The quantitative estimate of drug-likeness (QED) is 0.822. The minimum atomic E-state index is -0.474. The first-order valence-electron chi connectivity index (χ1n) is 5.74. The zero-order valence-electron chi connectivity index (χ0n) is 9.74. The van der Waals surface area contributed by atoms with Crippen molar-refractivity contribution in [3.8, 4) is 0 Å². The van der Waals surface area contributed by atoms with E-state index < -0.39 is 5.54 Å². The number of halogens is 1. The molecule has 1 aromatic carbocycles. The molecule has 1 unspecified atom stereocenters. The number of benzene rings is 1. The molecule has 17 heavy (non-hydrogen) atoms. The number of carbonyl (C=O) groups excluding carboxylic acids is 1. The van der Waals surface area contributed by atoms with E-state index in [0.29, 0.717) is 11.5 Å². The molecule has 0 aromatic heterocycles. The first kappa shape index (κ1) is 12.8. The lowest BCUT2D eigenvalue weighted by atomic mass is 9.96. The summed E-state index contributed by atoms with van der Waals surface area (Å²) in [5.74, 6) is 0.311. The van der Waals surface area contributed by atoms with Gasteiger partial charge in [-0.2, -0.15) is 0 Å². The second kappa shape index (κ2) is 4.94. The van der Waals surface area contributed by atoms with E-state index >= 15 is 0 Å². The third-order valence-corrected chi connectivity index (χ3v) is 3.96. The fourth-order valence-electron chi connectivity index (χ4n) is 1.95. The molecule has 1 aliphatic carbocycles. The molecule has 0 saturated heterocycles. The molecule has 1 amide bonds. The SMILES string of the molecule is CC(CO)(NC(=O)c1cccc(I)c1)C1CC1. The second-order valence-electron chi connectivity index (χ2n) is 4.81. The Hall–Kier alpha value is -0.620. The molecule has 3 nitrogen and oxygen atoms in total. The normalized spacial score (nSPS) is 18.5. The Morgan fingerprint density at radius 3 is 2.82 bits per heavy atom. The highest BCUT2D eigenvalue weighted by atomic mass is 127. The molecule has 1 aromatic rings. The van der Waals surface area contributed by atoms with Crippen LogP contribution >= 0.6 is 22.6 Å². The average Bonchev–Trinajstić information content (AvgIpc) is 3.13. The van der Waals surface area contributed by atoms with Gasteiger partial charge in [0.1, 0.15) is 0 Å². The van der Waals surface area contributed by atoms with E-state index in [9.17, 15) is 9.90 Å². The molecule has 1 fully saturated rings. The van der Waals surface area contributed by atoms with Gasteiger partial charge in [-0.3, -0.25) is 4.79 Å². The Labute approximate surface area is 115 Å². The van der Waals surface area contributed by atoms with E-state index in [4.69, 9.17) is 0 Å². The zero-order valence-corrected chi connectivity index (χ0v) is 11.9. The lowest BCUT2D eigenvalue weighted by Crippen LogP contribution is -2.50. The maximum atomic E-state index is 12.1. The van der Waals surface area contributed by atoms with Crippen LogP contribution in [0.2, 0.25) is 0 Å². The summed E-state index contributed by atoms with van der Waals surface area (Å²) in [6.07, 6.45) is 2.17. The van der Waals surface area contributed by atoms with E-state index in [-0.39, 0.29) is 12.5 Å². The molecule has 2 N–H and O–H groups in total. The first-order chi connectivity index (χ1) is 8.05. The van der Waals surface area contributed by atoms with Crippen LogP contribution in [0.15, 0.2) is 24.3 Å². The third-order valence-electron chi connectivity index (χ3n) is 3.29. The summed E-state index contributed by atoms with van der Waals surface area (Å²) in [6.45, 7) is 1.91. The van der Waals surface area contributed by atoms with Crippen LogP contribution in [0.3, 0.4) is 0 Å². The van der Waals surface area contributed by atoms with Crippen molar-refractivity contribution in [1.29, 1.82) is 0 Å². The lowest BCUT2D eigenvalue weighted by molar-refractivity contribution is 0.0824. The van der Waals surface area contributed by atoms with Crippen molar-refractivity contribution in [1.82, 2.24) is 5.32 Å². The summed E-state index contributed by atoms with van der Waals surface area (Å²) < 4.78 is 1.03. The highest BCUT2D eigenvalue weighted by molar-refractivity contribution is 14.1. The zero-order chi connectivity index (χ0) is 12.5. The molecule has 92 valence electrons. The minimum Gasteiger partial charge on any atom is -0.394 e. The number of aliphatic hydroxyl groups is 1. The first-order valence-corrected chi connectivity index (χ1v) is 6.82. The van der Waals surface area contributed by atoms with Gasteiger partial charge in [-0.15, -0.1) is 0 Å². The van der Waals surface area contributed by atoms with Gasteiger partial charge in [0.25, 0.3) is 5.91 Å². The number of nitrogens with one attached hydrogen (secondary N) is 1. The van der Waals surface area contributed by atoms with Crippen LogP contribution in [0, 0.1) is 9.49 Å². The fraction of sp³-hybridized carbons (Fsp3) is 0.462. The Morgan fingerprint density at radius 2 is 2.29 bits per heavy atom. The maximum absolute atomic E-state index is 12.1. The van der Waals surface area contributed by atoms with E-state index in [1.807, 2.05) is 25.1 Å². The fourth-order valence-corrected chi connectivity index (χ4v) is 2.50. The number of rotatable bonds is 4. The van der Waals surface area contributed by atoms with Crippen molar-refractivity contribution in [3.63, 3.8) is 0 Å². The number of amides is 1. The van der Waals surface area contributed by atoms with Crippen LogP contribution in [0.5, 0.6) is 0 Å². The van der Waals surface area contributed by atoms with Gasteiger partial charge in [0, 0.05) is 9.13 Å². The van der Waals surface area contributed by atoms with E-state index in [1.165, 1.54) is 0 Å². The summed E-state index contributed by atoms with van der Waals surface area (Å²) in [5, 5.41) is 12.4. The molecule has 0 bridgehead atoms. The summed E-state index contributed by atoms with van der Waals surface area (Å²) in [7, 11) is 0. The Balaban J connectivity index is 2.10. The highest BCUT2D eigenvalue weighted by Gasteiger charge is 2.42. The van der Waals surface area contributed by atoms with Gasteiger partial charge in [0.05, 0.1) is 12.1 Å².